The van der Waals surface area contributed by atoms with Crippen LogP contribution in [0.15, 0.2) is 53.5 Å². The van der Waals surface area contributed by atoms with E-state index in [1.807, 2.05) is 43.3 Å². The van der Waals surface area contributed by atoms with Gasteiger partial charge in [-0.2, -0.15) is 0 Å². The second-order valence-electron chi connectivity index (χ2n) is 6.09. The topological polar surface area (TPSA) is 41.9 Å². The Morgan fingerprint density at radius 3 is 2.85 bits per heavy atom. The van der Waals surface area contributed by atoms with Gasteiger partial charge in [0, 0.05) is 11.8 Å². The average molecular weight is 389 g/mol. The van der Waals surface area contributed by atoms with Crippen LogP contribution in [0.4, 0.5) is 5.69 Å². The summed E-state index contributed by atoms with van der Waals surface area (Å²) < 4.78 is 5.63. The van der Waals surface area contributed by atoms with E-state index in [0.717, 1.165) is 28.6 Å². The quantitative estimate of drug-likeness (QED) is 0.718. The molecule has 1 atom stereocenters. The molecule has 0 bridgehead atoms. The van der Waals surface area contributed by atoms with Crippen LogP contribution < -0.4 is 4.74 Å². The normalized spacial score (nSPS) is 18.3. The van der Waals surface area contributed by atoms with Crippen molar-refractivity contribution in [2.45, 2.75) is 26.3 Å². The summed E-state index contributed by atoms with van der Waals surface area (Å²) in [5, 5.41) is 1.23. The lowest BCUT2D eigenvalue weighted by Gasteiger charge is -2.23. The summed E-state index contributed by atoms with van der Waals surface area (Å²) in [5.74, 6) is 1.26. The van der Waals surface area contributed by atoms with Crippen LogP contribution in [-0.2, 0) is 4.79 Å². The Morgan fingerprint density at radius 2 is 2.12 bits per heavy atom. The molecule has 1 saturated heterocycles. The van der Waals surface area contributed by atoms with E-state index in [9.17, 15) is 4.79 Å². The van der Waals surface area contributed by atoms with Crippen LogP contribution in [0, 0.1) is 6.92 Å². The van der Waals surface area contributed by atoms with Crippen LogP contribution in [0.3, 0.4) is 0 Å². The van der Waals surface area contributed by atoms with Crippen molar-refractivity contribution < 1.29 is 9.53 Å². The Hall–Kier alpha value is -1.98. The first-order valence-corrected chi connectivity index (χ1v) is 9.92. The number of hydrogen-bond acceptors (Lipinski definition) is 4. The summed E-state index contributed by atoms with van der Waals surface area (Å²) in [7, 11) is 0. The van der Waals surface area contributed by atoms with Gasteiger partial charge >= 0.3 is 0 Å². The number of nitrogens with zero attached hydrogens (tertiary/aromatic N) is 2. The largest absolute Gasteiger partial charge is 0.482 e. The Balaban J connectivity index is 1.77. The fraction of sp³-hybridized carbons (Fsp3) is 0.300. The number of halogens is 1. The SMILES string of the molecule is CC[C@@H]1CSC(=Nc2cccc(C)c2)N1C(=O)COc1ccccc1Cl. The zero-order valence-electron chi connectivity index (χ0n) is 14.8. The standard InChI is InChI=1S/C20H21ClN2O2S/c1-3-16-13-26-20(22-15-8-6-7-14(2)11-15)23(16)19(24)12-25-18-10-5-4-9-17(18)21/h4-11,16H,3,12-13H2,1-2H3/t16-/m1/s1. The van der Waals surface area contributed by atoms with E-state index in [1.165, 1.54) is 0 Å². The molecule has 0 radical (unpaired) electrons. The van der Waals surface area contributed by atoms with E-state index in [4.69, 9.17) is 21.3 Å². The molecule has 3 rings (SSSR count). The summed E-state index contributed by atoms with van der Waals surface area (Å²) >= 11 is 7.71. The highest BCUT2D eigenvalue weighted by Gasteiger charge is 2.34. The first-order valence-electron chi connectivity index (χ1n) is 8.56. The van der Waals surface area contributed by atoms with E-state index < -0.39 is 0 Å². The van der Waals surface area contributed by atoms with Crippen LogP contribution in [0.2, 0.25) is 5.02 Å². The second-order valence-corrected chi connectivity index (χ2v) is 7.48. The van der Waals surface area contributed by atoms with Gasteiger partial charge in [-0.1, -0.05) is 54.6 Å². The molecular weight excluding hydrogens is 368 g/mol. The lowest BCUT2D eigenvalue weighted by molar-refractivity contribution is -0.130. The number of aliphatic imine (C=N–C) groups is 1. The molecule has 2 aromatic rings. The molecule has 26 heavy (non-hydrogen) atoms. The highest BCUT2D eigenvalue weighted by atomic mass is 35.5. The summed E-state index contributed by atoms with van der Waals surface area (Å²) in [6.45, 7) is 4.05. The number of hydrogen-bond donors (Lipinski definition) is 0. The molecule has 1 aliphatic rings. The van der Waals surface area contributed by atoms with Gasteiger partial charge in [0.2, 0.25) is 0 Å². The van der Waals surface area contributed by atoms with Gasteiger partial charge in [0.15, 0.2) is 11.8 Å². The molecule has 0 aromatic heterocycles. The number of ether oxygens (including phenoxy) is 1. The number of aryl methyl sites for hydroxylation is 1. The molecule has 1 aliphatic heterocycles. The van der Waals surface area contributed by atoms with Crippen molar-refractivity contribution in [1.82, 2.24) is 4.90 Å². The van der Waals surface area contributed by atoms with Crippen molar-refractivity contribution in [2.24, 2.45) is 4.99 Å². The second kappa shape index (κ2) is 8.60. The van der Waals surface area contributed by atoms with Crippen LogP contribution in [-0.4, -0.2) is 34.4 Å². The minimum Gasteiger partial charge on any atom is -0.482 e. The number of thioether (sulfide) groups is 1. The molecule has 0 spiro atoms. The third-order valence-corrected chi connectivity index (χ3v) is 5.54. The lowest BCUT2D eigenvalue weighted by atomic mass is 10.2. The summed E-state index contributed by atoms with van der Waals surface area (Å²) in [6, 6.07) is 15.2. The molecule has 2 aromatic carbocycles. The Bertz CT molecular complexity index is 825. The molecule has 4 nitrogen and oxygen atoms in total. The summed E-state index contributed by atoms with van der Waals surface area (Å²) in [6.07, 6.45) is 0.873. The van der Waals surface area contributed by atoms with Gasteiger partial charge < -0.3 is 4.74 Å². The molecule has 0 saturated carbocycles. The smallest absolute Gasteiger partial charge is 0.266 e. The number of amides is 1. The van der Waals surface area contributed by atoms with Gasteiger partial charge in [0.05, 0.1) is 10.7 Å². The van der Waals surface area contributed by atoms with Crippen LogP contribution >= 0.6 is 23.4 Å². The zero-order valence-corrected chi connectivity index (χ0v) is 16.4. The Kier molecular flexibility index (Phi) is 6.22. The van der Waals surface area contributed by atoms with Crippen molar-refractivity contribution in [3.63, 3.8) is 0 Å². The van der Waals surface area contributed by atoms with Gasteiger partial charge in [-0.25, -0.2) is 4.99 Å². The lowest BCUT2D eigenvalue weighted by Crippen LogP contribution is -2.41. The highest BCUT2D eigenvalue weighted by molar-refractivity contribution is 8.14. The summed E-state index contributed by atoms with van der Waals surface area (Å²) in [4.78, 5) is 19.3. The fourth-order valence-electron chi connectivity index (χ4n) is 2.75. The van der Waals surface area contributed by atoms with E-state index in [0.29, 0.717) is 10.8 Å². The van der Waals surface area contributed by atoms with E-state index in [1.54, 1.807) is 28.8 Å². The maximum atomic E-state index is 12.8. The molecule has 0 unspecified atom stereocenters. The van der Waals surface area contributed by atoms with Crippen LogP contribution in [0.1, 0.15) is 18.9 Å². The van der Waals surface area contributed by atoms with E-state index in [-0.39, 0.29) is 18.6 Å². The van der Waals surface area contributed by atoms with Crippen molar-refractivity contribution in [1.29, 1.82) is 0 Å². The molecule has 0 N–H and O–H groups in total. The number of carbonyl (C=O) groups excluding carboxylic acids is 1. The fourth-order valence-corrected chi connectivity index (χ4v) is 4.22. The minimum absolute atomic E-state index is 0.0619. The van der Waals surface area contributed by atoms with Crippen LogP contribution in [0.5, 0.6) is 5.75 Å². The third kappa shape index (κ3) is 4.40. The summed E-state index contributed by atoms with van der Waals surface area (Å²) in [5.41, 5.74) is 2.00. The molecule has 1 heterocycles. The Labute approximate surface area is 163 Å². The molecule has 136 valence electrons. The number of benzene rings is 2. The highest BCUT2D eigenvalue weighted by Crippen LogP contribution is 2.30. The number of amidine groups is 1. The first-order chi connectivity index (χ1) is 12.6. The van der Waals surface area contributed by atoms with Gasteiger partial charge in [-0.05, 0) is 43.2 Å². The van der Waals surface area contributed by atoms with Crippen molar-refractivity contribution in [3.8, 4) is 5.75 Å². The van der Waals surface area contributed by atoms with Gasteiger partial charge in [-0.15, -0.1) is 0 Å². The minimum atomic E-state index is -0.104. The molecule has 6 heteroatoms. The Morgan fingerprint density at radius 1 is 1.31 bits per heavy atom. The van der Waals surface area contributed by atoms with Crippen molar-refractivity contribution in [3.05, 3.63) is 59.1 Å². The molecular formula is C20H21ClN2O2S. The van der Waals surface area contributed by atoms with E-state index in [2.05, 4.69) is 6.92 Å². The van der Waals surface area contributed by atoms with E-state index >= 15 is 0 Å². The van der Waals surface area contributed by atoms with Gasteiger partial charge in [0.25, 0.3) is 5.91 Å². The van der Waals surface area contributed by atoms with Crippen molar-refractivity contribution in [2.75, 3.05) is 12.4 Å². The number of rotatable bonds is 5. The average Bonchev–Trinajstić information content (AvgIpc) is 3.03. The predicted octanol–water partition coefficient (Wildman–Crippen LogP) is 5.07. The zero-order chi connectivity index (χ0) is 18.5. The third-order valence-electron chi connectivity index (χ3n) is 4.13. The monoisotopic (exact) mass is 388 g/mol. The van der Waals surface area contributed by atoms with Gasteiger partial charge in [0.1, 0.15) is 5.75 Å². The maximum Gasteiger partial charge on any atom is 0.266 e. The van der Waals surface area contributed by atoms with Gasteiger partial charge in [-0.3, -0.25) is 9.69 Å². The van der Waals surface area contributed by atoms with Crippen molar-refractivity contribution >= 4 is 40.1 Å². The maximum absolute atomic E-state index is 12.8. The molecule has 0 aliphatic carbocycles. The first kappa shape index (κ1) is 18.8. The van der Waals surface area contributed by atoms with Crippen LogP contribution in [0.25, 0.3) is 0 Å². The molecule has 1 amide bonds. The number of carbonyl (C=O) groups is 1. The molecule has 1 fully saturated rings. The predicted molar refractivity (Wildman–Crippen MR) is 109 cm³/mol. The number of para-hydroxylation sites is 1.